The van der Waals surface area contributed by atoms with Crippen LogP contribution < -0.4 is 0 Å². The Hall–Kier alpha value is -0.290. The van der Waals surface area contributed by atoms with E-state index in [4.69, 9.17) is 10.7 Å². The number of rotatable bonds is 2. The Labute approximate surface area is 75.3 Å². The van der Waals surface area contributed by atoms with Crippen LogP contribution in [0.4, 0.5) is 0 Å². The van der Waals surface area contributed by atoms with Crippen LogP contribution in [-0.4, -0.2) is 26.7 Å². The van der Waals surface area contributed by atoms with Crippen molar-refractivity contribution in [1.29, 1.82) is 0 Å². The van der Waals surface area contributed by atoms with Gasteiger partial charge in [-0.05, 0) is 12.8 Å². The number of methoxy groups -OCH3 is 1. The maximum atomic E-state index is 10.9. The van der Waals surface area contributed by atoms with E-state index in [-0.39, 0.29) is 0 Å². The van der Waals surface area contributed by atoms with Gasteiger partial charge in [0.1, 0.15) is 0 Å². The van der Waals surface area contributed by atoms with Crippen molar-refractivity contribution in [1.82, 2.24) is 0 Å². The molecule has 0 N–H and O–H groups in total. The second kappa shape index (κ2) is 3.22. The van der Waals surface area contributed by atoms with Gasteiger partial charge in [-0.25, -0.2) is 8.42 Å². The van der Waals surface area contributed by atoms with E-state index in [0.717, 1.165) is 0 Å². The summed E-state index contributed by atoms with van der Waals surface area (Å²) in [6.45, 7) is 0. The molecule has 0 unspecified atom stereocenters. The lowest BCUT2D eigenvalue weighted by molar-refractivity contribution is -0.147. The third-order valence-corrected chi connectivity index (χ3v) is 4.05. The van der Waals surface area contributed by atoms with Crippen molar-refractivity contribution >= 4 is 25.7 Å². The van der Waals surface area contributed by atoms with Gasteiger partial charge in [0, 0.05) is 10.7 Å². The van der Waals surface area contributed by atoms with Crippen molar-refractivity contribution < 1.29 is 17.9 Å². The van der Waals surface area contributed by atoms with Crippen LogP contribution in [0.2, 0.25) is 0 Å². The average Bonchev–Trinajstić information content (AvgIpc) is 1.80. The highest BCUT2D eigenvalue weighted by Gasteiger charge is 2.44. The fourth-order valence-corrected chi connectivity index (χ4v) is 2.92. The summed E-state index contributed by atoms with van der Waals surface area (Å²) in [5.74, 6) is -1.05. The number of ether oxygens (including phenoxy) is 1. The van der Waals surface area contributed by atoms with Crippen molar-refractivity contribution in [3.8, 4) is 0 Å². The maximum absolute atomic E-state index is 10.9. The van der Waals surface area contributed by atoms with Gasteiger partial charge in [-0.1, -0.05) is 0 Å². The zero-order valence-corrected chi connectivity index (χ0v) is 8.06. The molecule has 0 aromatic carbocycles. The number of halogens is 1. The number of esters is 1. The van der Waals surface area contributed by atoms with Crippen LogP contribution in [0.15, 0.2) is 0 Å². The maximum Gasteiger partial charge on any atom is 0.310 e. The number of hydrogen-bond donors (Lipinski definition) is 0. The Balaban J connectivity index is 2.68. The standard InChI is InChI=1S/C6H9ClO4S/c1-11-6(8)4-2-3-5(4)12(7,9)10/h4-5H,2-3H2,1H3/t4-,5+/m0/s1. The quantitative estimate of drug-likeness (QED) is 0.494. The van der Waals surface area contributed by atoms with Gasteiger partial charge in [-0.2, -0.15) is 0 Å². The van der Waals surface area contributed by atoms with Crippen LogP contribution in [0.25, 0.3) is 0 Å². The van der Waals surface area contributed by atoms with Crippen LogP contribution in [-0.2, 0) is 18.6 Å². The molecule has 1 aliphatic rings. The first-order chi connectivity index (χ1) is 5.46. The number of carbonyl (C=O) groups excluding carboxylic acids is 1. The summed E-state index contributed by atoms with van der Waals surface area (Å²) >= 11 is 0. The van der Waals surface area contributed by atoms with E-state index in [1.54, 1.807) is 0 Å². The van der Waals surface area contributed by atoms with Crippen LogP contribution in [0.5, 0.6) is 0 Å². The summed E-state index contributed by atoms with van der Waals surface area (Å²) in [4.78, 5) is 10.9. The zero-order chi connectivity index (χ0) is 9.35. The first-order valence-corrected chi connectivity index (χ1v) is 5.85. The van der Waals surface area contributed by atoms with Gasteiger partial charge in [0.2, 0.25) is 9.05 Å². The normalized spacial score (nSPS) is 29.2. The van der Waals surface area contributed by atoms with Gasteiger partial charge in [0.05, 0.1) is 18.3 Å². The molecule has 0 aromatic heterocycles. The van der Waals surface area contributed by atoms with E-state index in [1.165, 1.54) is 7.11 Å². The monoisotopic (exact) mass is 212 g/mol. The molecular formula is C6H9ClO4S. The van der Waals surface area contributed by atoms with Gasteiger partial charge in [0.15, 0.2) is 0 Å². The number of carbonyl (C=O) groups is 1. The van der Waals surface area contributed by atoms with Crippen molar-refractivity contribution in [2.45, 2.75) is 18.1 Å². The third kappa shape index (κ3) is 1.72. The van der Waals surface area contributed by atoms with E-state index in [2.05, 4.69) is 4.74 Å². The van der Waals surface area contributed by atoms with E-state index >= 15 is 0 Å². The molecule has 1 fully saturated rings. The van der Waals surface area contributed by atoms with Gasteiger partial charge >= 0.3 is 5.97 Å². The summed E-state index contributed by atoms with van der Waals surface area (Å²) in [6, 6.07) is 0. The lowest BCUT2D eigenvalue weighted by atomic mass is 9.85. The van der Waals surface area contributed by atoms with Crippen LogP contribution in [0.3, 0.4) is 0 Å². The SMILES string of the molecule is COC(=O)[C@H]1CC[C@H]1S(=O)(=O)Cl. The smallest absolute Gasteiger partial charge is 0.310 e. The summed E-state index contributed by atoms with van der Waals surface area (Å²) in [6.07, 6.45) is 0.995. The molecule has 0 spiro atoms. The molecule has 0 aliphatic heterocycles. The summed E-state index contributed by atoms with van der Waals surface area (Å²) in [5, 5.41) is -0.744. The highest BCUT2D eigenvalue weighted by molar-refractivity contribution is 8.14. The van der Waals surface area contributed by atoms with Gasteiger partial charge in [-0.15, -0.1) is 0 Å². The van der Waals surface area contributed by atoms with Gasteiger partial charge in [0.25, 0.3) is 0 Å². The van der Waals surface area contributed by atoms with E-state index in [1.807, 2.05) is 0 Å². The second-order valence-electron chi connectivity index (χ2n) is 2.72. The molecule has 0 aromatic rings. The Morgan fingerprint density at radius 1 is 1.50 bits per heavy atom. The first-order valence-electron chi connectivity index (χ1n) is 3.48. The van der Waals surface area contributed by atoms with Crippen LogP contribution >= 0.6 is 10.7 Å². The van der Waals surface area contributed by atoms with Crippen LogP contribution in [0.1, 0.15) is 12.8 Å². The first kappa shape index (κ1) is 9.80. The van der Waals surface area contributed by atoms with Gasteiger partial charge in [-0.3, -0.25) is 4.79 Å². The van der Waals surface area contributed by atoms with Crippen molar-refractivity contribution in [3.63, 3.8) is 0 Å². The predicted octanol–water partition coefficient (Wildman–Crippen LogP) is 0.507. The fraction of sp³-hybridized carbons (Fsp3) is 0.833. The molecule has 0 saturated heterocycles. The van der Waals surface area contributed by atoms with Crippen LogP contribution in [0, 0.1) is 5.92 Å². The van der Waals surface area contributed by atoms with E-state index < -0.39 is 26.2 Å². The highest BCUT2D eigenvalue weighted by atomic mass is 35.7. The van der Waals surface area contributed by atoms with Crippen molar-refractivity contribution in [2.75, 3.05) is 7.11 Å². The zero-order valence-electron chi connectivity index (χ0n) is 6.49. The predicted molar refractivity (Wildman–Crippen MR) is 43.3 cm³/mol. The molecule has 1 saturated carbocycles. The molecule has 0 heterocycles. The molecule has 6 heteroatoms. The molecular weight excluding hydrogens is 204 g/mol. The minimum Gasteiger partial charge on any atom is -0.469 e. The lowest BCUT2D eigenvalue weighted by Gasteiger charge is -2.31. The van der Waals surface area contributed by atoms with Crippen molar-refractivity contribution in [3.05, 3.63) is 0 Å². The van der Waals surface area contributed by atoms with E-state index in [0.29, 0.717) is 12.8 Å². The Kier molecular flexibility index (Phi) is 2.63. The molecule has 0 amide bonds. The minimum absolute atomic E-state index is 0.450. The molecule has 70 valence electrons. The Morgan fingerprint density at radius 2 is 2.08 bits per heavy atom. The molecule has 0 bridgehead atoms. The summed E-state index contributed by atoms with van der Waals surface area (Å²) < 4.78 is 26.0. The minimum atomic E-state index is -3.60. The lowest BCUT2D eigenvalue weighted by Crippen LogP contribution is -2.41. The van der Waals surface area contributed by atoms with Crippen molar-refractivity contribution in [2.24, 2.45) is 5.92 Å². The fourth-order valence-electron chi connectivity index (χ4n) is 1.23. The topological polar surface area (TPSA) is 60.4 Å². The Morgan fingerprint density at radius 3 is 2.33 bits per heavy atom. The molecule has 0 radical (unpaired) electrons. The van der Waals surface area contributed by atoms with Gasteiger partial charge < -0.3 is 4.74 Å². The largest absolute Gasteiger partial charge is 0.469 e. The molecule has 1 rings (SSSR count). The van der Waals surface area contributed by atoms with E-state index in [9.17, 15) is 13.2 Å². The molecule has 4 nitrogen and oxygen atoms in total. The highest BCUT2D eigenvalue weighted by Crippen LogP contribution is 2.35. The average molecular weight is 213 g/mol. The second-order valence-corrected chi connectivity index (χ2v) is 5.57. The molecule has 2 atom stereocenters. The number of hydrogen-bond acceptors (Lipinski definition) is 4. The summed E-state index contributed by atoms with van der Waals surface area (Å²) in [5.41, 5.74) is 0. The molecule has 12 heavy (non-hydrogen) atoms. The third-order valence-electron chi connectivity index (χ3n) is 2.08. The Bertz CT molecular complexity index is 284. The molecule has 1 aliphatic carbocycles. The summed E-state index contributed by atoms with van der Waals surface area (Å²) in [7, 11) is 2.73.